The molecule has 1 atom stereocenters. The Bertz CT molecular complexity index is 309. The van der Waals surface area contributed by atoms with E-state index in [1.54, 1.807) is 0 Å². The molecule has 0 saturated heterocycles. The molecule has 0 bridgehead atoms. The Balaban J connectivity index is 2.39. The van der Waals surface area contributed by atoms with Crippen molar-refractivity contribution in [2.24, 2.45) is 5.41 Å². The van der Waals surface area contributed by atoms with E-state index in [-0.39, 0.29) is 0 Å². The van der Waals surface area contributed by atoms with Crippen LogP contribution in [0.1, 0.15) is 37.9 Å². The maximum Gasteiger partial charge on any atom is 0.0375 e. The van der Waals surface area contributed by atoms with Gasteiger partial charge >= 0.3 is 0 Å². The zero-order valence-corrected chi connectivity index (χ0v) is 8.59. The van der Waals surface area contributed by atoms with Crippen molar-refractivity contribution in [3.63, 3.8) is 0 Å². The van der Waals surface area contributed by atoms with Gasteiger partial charge in [-0.2, -0.15) is 0 Å². The lowest BCUT2D eigenvalue weighted by atomic mass is 9.83. The van der Waals surface area contributed by atoms with E-state index in [1.807, 2.05) is 0 Å². The van der Waals surface area contributed by atoms with Crippen molar-refractivity contribution in [2.45, 2.75) is 33.4 Å². The zero-order valence-electron chi connectivity index (χ0n) is 8.59. The third-order valence-corrected chi connectivity index (χ3v) is 2.73. The van der Waals surface area contributed by atoms with Crippen molar-refractivity contribution < 1.29 is 0 Å². The lowest BCUT2D eigenvalue weighted by molar-refractivity contribution is 0.288. The maximum absolute atomic E-state index is 3.56. The van der Waals surface area contributed by atoms with Crippen LogP contribution in [-0.2, 0) is 6.54 Å². The fraction of sp³-hybridized carbons (Fsp3) is 0.500. The van der Waals surface area contributed by atoms with Gasteiger partial charge in [-0.15, -0.1) is 0 Å². The first kappa shape index (κ1) is 8.76. The summed E-state index contributed by atoms with van der Waals surface area (Å²) in [5, 5.41) is 3.56. The minimum atomic E-state index is 0.312. The zero-order chi connectivity index (χ0) is 9.47. The standard InChI is InChI=1S/C12H17N/c1-12(2,3)11-10-7-5-4-6-9(10)8-13-11/h4-7,11,13H,8H2,1-3H3/t11-/m0/s1. The van der Waals surface area contributed by atoms with Crippen LogP contribution in [0.3, 0.4) is 0 Å². The molecule has 0 unspecified atom stereocenters. The van der Waals surface area contributed by atoms with Gasteiger partial charge in [0.05, 0.1) is 0 Å². The molecule has 0 aromatic heterocycles. The topological polar surface area (TPSA) is 12.0 Å². The Labute approximate surface area is 80.2 Å². The molecule has 1 aliphatic rings. The van der Waals surface area contributed by atoms with Gasteiger partial charge in [0, 0.05) is 12.6 Å². The third-order valence-electron chi connectivity index (χ3n) is 2.73. The summed E-state index contributed by atoms with van der Waals surface area (Å²) < 4.78 is 0. The van der Waals surface area contributed by atoms with E-state index < -0.39 is 0 Å². The molecule has 13 heavy (non-hydrogen) atoms. The number of hydrogen-bond donors (Lipinski definition) is 1. The first-order valence-corrected chi connectivity index (χ1v) is 4.90. The van der Waals surface area contributed by atoms with Gasteiger partial charge in [-0.1, -0.05) is 45.0 Å². The fourth-order valence-corrected chi connectivity index (χ4v) is 2.07. The van der Waals surface area contributed by atoms with Gasteiger partial charge in [-0.05, 0) is 16.5 Å². The van der Waals surface area contributed by atoms with Crippen LogP contribution in [0, 0.1) is 5.41 Å². The highest BCUT2D eigenvalue weighted by atomic mass is 15.0. The minimum Gasteiger partial charge on any atom is -0.305 e. The number of hydrogen-bond acceptors (Lipinski definition) is 1. The first-order chi connectivity index (χ1) is 6.09. The van der Waals surface area contributed by atoms with Crippen LogP contribution in [0.5, 0.6) is 0 Å². The molecule has 1 aliphatic heterocycles. The van der Waals surface area contributed by atoms with Crippen molar-refractivity contribution in [1.82, 2.24) is 5.32 Å². The molecule has 0 aliphatic carbocycles. The molecule has 0 fully saturated rings. The highest BCUT2D eigenvalue weighted by Gasteiger charge is 2.31. The summed E-state index contributed by atoms with van der Waals surface area (Å²) in [6.45, 7) is 7.88. The number of fused-ring (bicyclic) bond motifs is 1. The quantitative estimate of drug-likeness (QED) is 0.639. The molecule has 1 nitrogen and oxygen atoms in total. The molecule has 2 rings (SSSR count). The van der Waals surface area contributed by atoms with Gasteiger partial charge in [0.1, 0.15) is 0 Å². The summed E-state index contributed by atoms with van der Waals surface area (Å²) in [5.74, 6) is 0. The Morgan fingerprint density at radius 1 is 1.23 bits per heavy atom. The van der Waals surface area contributed by atoms with E-state index in [0.717, 1.165) is 6.54 Å². The average Bonchev–Trinajstić information content (AvgIpc) is 2.45. The van der Waals surface area contributed by atoms with Crippen LogP contribution < -0.4 is 5.32 Å². The van der Waals surface area contributed by atoms with E-state index in [0.29, 0.717) is 11.5 Å². The normalized spacial score (nSPS) is 21.6. The number of rotatable bonds is 0. The van der Waals surface area contributed by atoms with Crippen molar-refractivity contribution in [2.75, 3.05) is 0 Å². The molecule has 1 N–H and O–H groups in total. The van der Waals surface area contributed by atoms with Crippen LogP contribution in [0.15, 0.2) is 24.3 Å². The molecule has 1 aromatic rings. The summed E-state index contributed by atoms with van der Waals surface area (Å²) in [7, 11) is 0. The van der Waals surface area contributed by atoms with Gasteiger partial charge in [0.2, 0.25) is 0 Å². The van der Waals surface area contributed by atoms with Crippen molar-refractivity contribution in [3.05, 3.63) is 35.4 Å². The Morgan fingerprint density at radius 2 is 1.92 bits per heavy atom. The minimum absolute atomic E-state index is 0.312. The monoisotopic (exact) mass is 175 g/mol. The van der Waals surface area contributed by atoms with E-state index in [1.165, 1.54) is 11.1 Å². The van der Waals surface area contributed by atoms with Gasteiger partial charge in [0.25, 0.3) is 0 Å². The Hall–Kier alpha value is -0.820. The van der Waals surface area contributed by atoms with E-state index >= 15 is 0 Å². The van der Waals surface area contributed by atoms with E-state index in [2.05, 4.69) is 50.4 Å². The maximum atomic E-state index is 3.56. The lowest BCUT2D eigenvalue weighted by Crippen LogP contribution is -2.26. The van der Waals surface area contributed by atoms with Gasteiger partial charge in [0.15, 0.2) is 0 Å². The highest BCUT2D eigenvalue weighted by Crippen LogP contribution is 2.38. The third kappa shape index (κ3) is 1.49. The molecule has 1 heteroatoms. The Morgan fingerprint density at radius 3 is 2.62 bits per heavy atom. The SMILES string of the molecule is CC(C)(C)[C@H]1NCc2ccccc21. The molecule has 0 radical (unpaired) electrons. The summed E-state index contributed by atoms with van der Waals surface area (Å²) in [4.78, 5) is 0. The van der Waals surface area contributed by atoms with Crippen LogP contribution in [-0.4, -0.2) is 0 Å². The van der Waals surface area contributed by atoms with Crippen LogP contribution in [0.4, 0.5) is 0 Å². The van der Waals surface area contributed by atoms with Gasteiger partial charge < -0.3 is 5.32 Å². The molecular weight excluding hydrogens is 158 g/mol. The molecule has 0 saturated carbocycles. The second kappa shape index (κ2) is 2.85. The molecular formula is C12H17N. The summed E-state index contributed by atoms with van der Waals surface area (Å²) >= 11 is 0. The molecule has 1 heterocycles. The first-order valence-electron chi connectivity index (χ1n) is 4.90. The van der Waals surface area contributed by atoms with Gasteiger partial charge in [-0.3, -0.25) is 0 Å². The molecule has 70 valence electrons. The van der Waals surface area contributed by atoms with Crippen LogP contribution >= 0.6 is 0 Å². The molecule has 0 amide bonds. The molecule has 1 aromatic carbocycles. The van der Waals surface area contributed by atoms with Crippen molar-refractivity contribution in [3.8, 4) is 0 Å². The fourth-order valence-electron chi connectivity index (χ4n) is 2.07. The Kier molecular flexibility index (Phi) is 1.92. The largest absolute Gasteiger partial charge is 0.305 e. The molecule has 0 spiro atoms. The lowest BCUT2D eigenvalue weighted by Gasteiger charge is -2.27. The highest BCUT2D eigenvalue weighted by molar-refractivity contribution is 5.34. The van der Waals surface area contributed by atoms with Gasteiger partial charge in [-0.25, -0.2) is 0 Å². The summed E-state index contributed by atoms with van der Waals surface area (Å²) in [6.07, 6.45) is 0. The van der Waals surface area contributed by atoms with Crippen molar-refractivity contribution >= 4 is 0 Å². The van der Waals surface area contributed by atoms with E-state index in [9.17, 15) is 0 Å². The predicted molar refractivity (Wildman–Crippen MR) is 55.5 cm³/mol. The second-order valence-electron chi connectivity index (χ2n) is 4.88. The summed E-state index contributed by atoms with van der Waals surface area (Å²) in [5.41, 5.74) is 3.25. The number of nitrogens with one attached hydrogen (secondary N) is 1. The van der Waals surface area contributed by atoms with Crippen LogP contribution in [0.2, 0.25) is 0 Å². The van der Waals surface area contributed by atoms with Crippen molar-refractivity contribution in [1.29, 1.82) is 0 Å². The van der Waals surface area contributed by atoms with Crippen LogP contribution in [0.25, 0.3) is 0 Å². The average molecular weight is 175 g/mol. The second-order valence-corrected chi connectivity index (χ2v) is 4.88. The summed E-state index contributed by atoms with van der Waals surface area (Å²) in [6, 6.07) is 9.22. The van der Waals surface area contributed by atoms with E-state index in [4.69, 9.17) is 0 Å². The number of benzene rings is 1. The smallest absolute Gasteiger partial charge is 0.0375 e. The predicted octanol–water partition coefficient (Wildman–Crippen LogP) is 2.88.